The minimum Gasteiger partial charge on any atom is -0.208 e. The third-order valence-corrected chi connectivity index (χ3v) is 8.90. The number of hydrogen-bond acceptors (Lipinski definition) is 3. The second kappa shape index (κ2) is 9.64. The Hall–Kier alpha value is -4.89. The molecule has 1 saturated carbocycles. The maximum atomic E-state index is 4.90. The SMILES string of the molecule is c1ccc(-c2nc(-c3ccccc3)nc(-c3ccc(-c4ccc5c(c4)C4(CCCC4)c4ccccc4-5)cc3)n2)cc1. The zero-order valence-electron chi connectivity index (χ0n) is 22.8. The average Bonchev–Trinajstić information content (AvgIpc) is 3.66. The molecule has 1 fully saturated rings. The van der Waals surface area contributed by atoms with Gasteiger partial charge < -0.3 is 0 Å². The summed E-state index contributed by atoms with van der Waals surface area (Å²) in [6, 6.07) is 45.1. The van der Waals surface area contributed by atoms with Crippen LogP contribution in [0.1, 0.15) is 36.8 Å². The van der Waals surface area contributed by atoms with Crippen molar-refractivity contribution in [3.05, 3.63) is 139 Å². The van der Waals surface area contributed by atoms with Crippen LogP contribution in [0.3, 0.4) is 0 Å². The molecule has 0 atom stereocenters. The topological polar surface area (TPSA) is 38.7 Å². The van der Waals surface area contributed by atoms with Crippen molar-refractivity contribution >= 4 is 0 Å². The van der Waals surface area contributed by atoms with Gasteiger partial charge in [0.2, 0.25) is 0 Å². The van der Waals surface area contributed by atoms with Crippen molar-refractivity contribution < 1.29 is 0 Å². The fourth-order valence-corrected chi connectivity index (χ4v) is 6.90. The van der Waals surface area contributed by atoms with Crippen molar-refractivity contribution in [1.82, 2.24) is 15.0 Å². The fraction of sp³-hybridized carbons (Fsp3) is 0.132. The molecule has 41 heavy (non-hydrogen) atoms. The summed E-state index contributed by atoms with van der Waals surface area (Å²) in [6.07, 6.45) is 5.09. The standard InChI is InChI=1S/C38H29N3/c1-3-11-27(12-4-1)35-39-36(28-13-5-2-6-14-28)41-37(40-35)29-19-17-26(18-20-29)30-21-22-32-31-15-7-8-16-33(31)38(34(32)25-30)23-9-10-24-38/h1-8,11-22,25H,9-10,23-24H2. The Morgan fingerprint density at radius 3 is 1.46 bits per heavy atom. The van der Waals surface area contributed by atoms with Crippen LogP contribution in [0, 0.1) is 0 Å². The second-order valence-corrected chi connectivity index (χ2v) is 11.2. The van der Waals surface area contributed by atoms with E-state index in [9.17, 15) is 0 Å². The van der Waals surface area contributed by atoms with Crippen LogP contribution >= 0.6 is 0 Å². The van der Waals surface area contributed by atoms with Crippen molar-refractivity contribution in [3.63, 3.8) is 0 Å². The van der Waals surface area contributed by atoms with E-state index in [-0.39, 0.29) is 5.41 Å². The molecule has 1 heterocycles. The number of rotatable bonds is 4. The zero-order valence-corrected chi connectivity index (χ0v) is 22.8. The maximum absolute atomic E-state index is 4.90. The van der Waals surface area contributed by atoms with Crippen LogP contribution < -0.4 is 0 Å². The van der Waals surface area contributed by atoms with Crippen LogP contribution in [0.25, 0.3) is 56.4 Å². The lowest BCUT2D eigenvalue weighted by Crippen LogP contribution is -2.20. The third-order valence-electron chi connectivity index (χ3n) is 8.90. The van der Waals surface area contributed by atoms with E-state index in [2.05, 4.69) is 66.7 Å². The van der Waals surface area contributed by atoms with Crippen LogP contribution in [0.4, 0.5) is 0 Å². The summed E-state index contributed by atoms with van der Waals surface area (Å²) in [5.74, 6) is 2.04. The van der Waals surface area contributed by atoms with E-state index >= 15 is 0 Å². The Morgan fingerprint density at radius 1 is 0.390 bits per heavy atom. The largest absolute Gasteiger partial charge is 0.208 e. The highest BCUT2D eigenvalue weighted by atomic mass is 15.0. The first-order valence-corrected chi connectivity index (χ1v) is 14.5. The van der Waals surface area contributed by atoms with Crippen LogP contribution in [0.5, 0.6) is 0 Å². The number of aromatic nitrogens is 3. The van der Waals surface area contributed by atoms with E-state index in [1.54, 1.807) is 0 Å². The molecule has 1 spiro atoms. The van der Waals surface area contributed by atoms with E-state index in [1.807, 2.05) is 60.7 Å². The quantitative estimate of drug-likeness (QED) is 0.229. The average molecular weight is 528 g/mol. The number of hydrogen-bond donors (Lipinski definition) is 0. The van der Waals surface area contributed by atoms with E-state index in [0.29, 0.717) is 17.5 Å². The molecule has 1 aromatic heterocycles. The molecule has 0 radical (unpaired) electrons. The van der Waals surface area contributed by atoms with Crippen LogP contribution in [-0.2, 0) is 5.41 Å². The summed E-state index contributed by atoms with van der Waals surface area (Å²) in [5.41, 5.74) is 11.4. The predicted molar refractivity (Wildman–Crippen MR) is 166 cm³/mol. The highest BCUT2D eigenvalue weighted by molar-refractivity contribution is 5.84. The molecule has 0 bridgehead atoms. The zero-order chi connectivity index (χ0) is 27.2. The van der Waals surface area contributed by atoms with Gasteiger partial charge >= 0.3 is 0 Å². The number of benzene rings is 5. The van der Waals surface area contributed by atoms with Crippen molar-refractivity contribution in [2.75, 3.05) is 0 Å². The smallest absolute Gasteiger partial charge is 0.164 e. The summed E-state index contributed by atoms with van der Waals surface area (Å²) < 4.78 is 0. The van der Waals surface area contributed by atoms with Gasteiger partial charge in [-0.15, -0.1) is 0 Å². The Bertz CT molecular complexity index is 1810. The molecule has 0 unspecified atom stereocenters. The third kappa shape index (κ3) is 4.00. The van der Waals surface area contributed by atoms with Crippen molar-refractivity contribution in [2.24, 2.45) is 0 Å². The normalized spacial score (nSPS) is 14.6. The van der Waals surface area contributed by atoms with Gasteiger partial charge in [0.05, 0.1) is 0 Å². The van der Waals surface area contributed by atoms with Gasteiger partial charge in [0.25, 0.3) is 0 Å². The van der Waals surface area contributed by atoms with Crippen LogP contribution in [0.2, 0.25) is 0 Å². The lowest BCUT2D eigenvalue weighted by Gasteiger charge is -2.27. The summed E-state index contributed by atoms with van der Waals surface area (Å²) in [6.45, 7) is 0. The molecular formula is C38H29N3. The van der Waals surface area contributed by atoms with E-state index in [1.165, 1.54) is 59.1 Å². The number of nitrogens with zero attached hydrogens (tertiary/aromatic N) is 3. The molecule has 3 nitrogen and oxygen atoms in total. The minimum atomic E-state index is 0.175. The molecule has 0 aliphatic heterocycles. The molecule has 0 saturated heterocycles. The Labute approximate surface area is 240 Å². The Kier molecular flexibility index (Phi) is 5.63. The summed E-state index contributed by atoms with van der Waals surface area (Å²) in [7, 11) is 0. The molecule has 2 aliphatic carbocycles. The first-order chi connectivity index (χ1) is 20.3. The molecule has 8 rings (SSSR count). The molecule has 6 aromatic rings. The van der Waals surface area contributed by atoms with Gasteiger partial charge in [0.1, 0.15) is 0 Å². The van der Waals surface area contributed by atoms with Gasteiger partial charge in [-0.1, -0.05) is 134 Å². The van der Waals surface area contributed by atoms with Crippen molar-refractivity contribution in [1.29, 1.82) is 0 Å². The van der Waals surface area contributed by atoms with E-state index in [0.717, 1.165) is 16.7 Å². The fourth-order valence-electron chi connectivity index (χ4n) is 6.90. The van der Waals surface area contributed by atoms with Crippen molar-refractivity contribution in [3.8, 4) is 56.4 Å². The first-order valence-electron chi connectivity index (χ1n) is 14.5. The minimum absolute atomic E-state index is 0.175. The van der Waals surface area contributed by atoms with Crippen molar-refractivity contribution in [2.45, 2.75) is 31.1 Å². The van der Waals surface area contributed by atoms with Crippen LogP contribution in [0.15, 0.2) is 127 Å². The van der Waals surface area contributed by atoms with Crippen LogP contribution in [-0.4, -0.2) is 15.0 Å². The first kappa shape index (κ1) is 24.0. The predicted octanol–water partition coefficient (Wildman–Crippen LogP) is 9.38. The molecule has 3 heteroatoms. The van der Waals surface area contributed by atoms with Gasteiger partial charge in [-0.25, -0.2) is 15.0 Å². The highest BCUT2D eigenvalue weighted by Gasteiger charge is 2.44. The van der Waals surface area contributed by atoms with Gasteiger partial charge in [0.15, 0.2) is 17.5 Å². The summed E-state index contributed by atoms with van der Waals surface area (Å²) >= 11 is 0. The van der Waals surface area contributed by atoms with Gasteiger partial charge in [0, 0.05) is 22.1 Å². The number of fused-ring (bicyclic) bond motifs is 5. The molecule has 2 aliphatic rings. The molecule has 0 amide bonds. The summed E-state index contributed by atoms with van der Waals surface area (Å²) in [5, 5.41) is 0. The second-order valence-electron chi connectivity index (χ2n) is 11.2. The lowest BCUT2D eigenvalue weighted by atomic mass is 9.76. The van der Waals surface area contributed by atoms with Gasteiger partial charge in [-0.3, -0.25) is 0 Å². The Balaban J connectivity index is 1.18. The molecular weight excluding hydrogens is 498 g/mol. The summed E-state index contributed by atoms with van der Waals surface area (Å²) in [4.78, 5) is 14.6. The monoisotopic (exact) mass is 527 g/mol. The van der Waals surface area contributed by atoms with E-state index < -0.39 is 0 Å². The lowest BCUT2D eigenvalue weighted by molar-refractivity contribution is 0.550. The maximum Gasteiger partial charge on any atom is 0.164 e. The van der Waals surface area contributed by atoms with E-state index in [4.69, 9.17) is 15.0 Å². The van der Waals surface area contributed by atoms with Gasteiger partial charge in [-0.2, -0.15) is 0 Å². The highest BCUT2D eigenvalue weighted by Crippen LogP contribution is 2.57. The van der Waals surface area contributed by atoms with Gasteiger partial charge in [-0.05, 0) is 52.3 Å². The molecule has 5 aromatic carbocycles. The molecule has 0 N–H and O–H groups in total. The Morgan fingerprint density at radius 2 is 0.854 bits per heavy atom. The molecule has 196 valence electrons.